The molecule has 4 heteroatoms. The van der Waals surface area contributed by atoms with Crippen LogP contribution in [0, 0.1) is 0 Å². The Balaban J connectivity index is 3.77. The van der Waals surface area contributed by atoms with E-state index in [2.05, 4.69) is 6.58 Å². The first-order chi connectivity index (χ1) is 6.45. The summed E-state index contributed by atoms with van der Waals surface area (Å²) in [7, 11) is 0. The number of amides is 1. The van der Waals surface area contributed by atoms with E-state index in [0.29, 0.717) is 17.6 Å². The largest absolute Gasteiger partial charge is 0.462 e. The van der Waals surface area contributed by atoms with E-state index in [4.69, 9.17) is 10.5 Å². The summed E-state index contributed by atoms with van der Waals surface area (Å²) < 4.78 is 4.80. The number of hydrogen-bond donors (Lipinski definition) is 1. The molecular formula is C10H15NO3. The third-order valence-electron chi connectivity index (χ3n) is 1.54. The topological polar surface area (TPSA) is 69.4 Å². The predicted octanol–water partition coefficient (Wildman–Crippen LogP) is 0.927. The lowest BCUT2D eigenvalue weighted by atomic mass is 10.2. The van der Waals surface area contributed by atoms with E-state index in [1.807, 2.05) is 0 Å². The van der Waals surface area contributed by atoms with Crippen LogP contribution in [-0.4, -0.2) is 18.5 Å². The van der Waals surface area contributed by atoms with Crippen LogP contribution in [0.4, 0.5) is 0 Å². The molecule has 0 heterocycles. The number of primary amides is 1. The van der Waals surface area contributed by atoms with E-state index in [-0.39, 0.29) is 6.61 Å². The SMILES string of the molecule is C=C(C)C(=O)OCCC=C(C)C(N)=O. The zero-order valence-corrected chi connectivity index (χ0v) is 8.50. The van der Waals surface area contributed by atoms with Gasteiger partial charge >= 0.3 is 5.97 Å². The summed E-state index contributed by atoms with van der Waals surface area (Å²) in [6, 6.07) is 0. The second kappa shape index (κ2) is 5.96. The van der Waals surface area contributed by atoms with Crippen molar-refractivity contribution < 1.29 is 14.3 Å². The fraction of sp³-hybridized carbons (Fsp3) is 0.400. The van der Waals surface area contributed by atoms with Gasteiger partial charge in [0.05, 0.1) is 6.61 Å². The van der Waals surface area contributed by atoms with Gasteiger partial charge in [-0.3, -0.25) is 4.79 Å². The molecule has 0 aromatic carbocycles. The van der Waals surface area contributed by atoms with Gasteiger partial charge in [-0.25, -0.2) is 4.79 Å². The van der Waals surface area contributed by atoms with Crippen LogP contribution in [0.3, 0.4) is 0 Å². The number of ether oxygens (including phenoxy) is 1. The van der Waals surface area contributed by atoms with E-state index < -0.39 is 11.9 Å². The Morgan fingerprint density at radius 3 is 2.43 bits per heavy atom. The molecule has 0 rings (SSSR count). The first-order valence-electron chi connectivity index (χ1n) is 4.24. The van der Waals surface area contributed by atoms with Crippen molar-refractivity contribution in [2.24, 2.45) is 5.73 Å². The maximum absolute atomic E-state index is 10.9. The van der Waals surface area contributed by atoms with E-state index in [9.17, 15) is 9.59 Å². The number of hydrogen-bond acceptors (Lipinski definition) is 3. The molecule has 1 amide bonds. The van der Waals surface area contributed by atoms with Crippen LogP contribution in [0.5, 0.6) is 0 Å². The van der Waals surface area contributed by atoms with Crippen LogP contribution >= 0.6 is 0 Å². The van der Waals surface area contributed by atoms with Crippen molar-refractivity contribution in [1.29, 1.82) is 0 Å². The summed E-state index contributed by atoms with van der Waals surface area (Å²) in [5.41, 5.74) is 5.83. The van der Waals surface area contributed by atoms with Crippen LogP contribution < -0.4 is 5.73 Å². The van der Waals surface area contributed by atoms with E-state index in [0.717, 1.165) is 0 Å². The molecular weight excluding hydrogens is 182 g/mol. The van der Waals surface area contributed by atoms with Gasteiger partial charge in [-0.2, -0.15) is 0 Å². The quantitative estimate of drug-likeness (QED) is 0.405. The maximum Gasteiger partial charge on any atom is 0.333 e. The van der Waals surface area contributed by atoms with Gasteiger partial charge in [-0.05, 0) is 13.8 Å². The molecule has 0 spiro atoms. The molecule has 0 unspecified atom stereocenters. The number of nitrogens with two attached hydrogens (primary N) is 1. The molecule has 0 atom stereocenters. The zero-order valence-electron chi connectivity index (χ0n) is 8.50. The number of esters is 1. The Labute approximate surface area is 83.4 Å². The minimum atomic E-state index is -0.462. The number of carbonyl (C=O) groups is 2. The molecule has 14 heavy (non-hydrogen) atoms. The van der Waals surface area contributed by atoms with Crippen molar-refractivity contribution in [2.75, 3.05) is 6.61 Å². The van der Waals surface area contributed by atoms with Crippen LogP contribution in [0.15, 0.2) is 23.8 Å². The highest BCUT2D eigenvalue weighted by Crippen LogP contribution is 1.97. The highest BCUT2D eigenvalue weighted by molar-refractivity contribution is 5.91. The van der Waals surface area contributed by atoms with Gasteiger partial charge in [0.15, 0.2) is 0 Å². The standard InChI is InChI=1S/C10H15NO3/c1-7(2)10(13)14-6-4-5-8(3)9(11)12/h5H,1,4,6H2,2-3H3,(H2,11,12). The van der Waals surface area contributed by atoms with Gasteiger partial charge in [0.2, 0.25) is 5.91 Å². The number of rotatable bonds is 5. The Hall–Kier alpha value is -1.58. The molecule has 0 aliphatic heterocycles. The summed E-state index contributed by atoms with van der Waals surface area (Å²) in [5, 5.41) is 0. The molecule has 2 N–H and O–H groups in total. The molecule has 0 bridgehead atoms. The van der Waals surface area contributed by atoms with Gasteiger partial charge in [0.25, 0.3) is 0 Å². The summed E-state index contributed by atoms with van der Waals surface area (Å²) in [6.45, 7) is 6.86. The summed E-state index contributed by atoms with van der Waals surface area (Å²) in [4.78, 5) is 21.5. The maximum atomic E-state index is 10.9. The van der Waals surface area contributed by atoms with Crippen LogP contribution in [0.1, 0.15) is 20.3 Å². The Morgan fingerprint density at radius 2 is 2.00 bits per heavy atom. The molecule has 0 aromatic heterocycles. The summed E-state index contributed by atoms with van der Waals surface area (Å²) in [5.74, 6) is -0.883. The minimum Gasteiger partial charge on any atom is -0.462 e. The third-order valence-corrected chi connectivity index (χ3v) is 1.54. The van der Waals surface area contributed by atoms with E-state index in [1.54, 1.807) is 19.9 Å². The Morgan fingerprint density at radius 1 is 1.43 bits per heavy atom. The molecule has 0 aromatic rings. The fourth-order valence-electron chi connectivity index (χ4n) is 0.651. The minimum absolute atomic E-state index is 0.232. The monoisotopic (exact) mass is 197 g/mol. The molecule has 0 fully saturated rings. The lowest BCUT2D eigenvalue weighted by Gasteiger charge is -2.01. The molecule has 0 aliphatic rings. The van der Waals surface area contributed by atoms with Gasteiger partial charge in [-0.15, -0.1) is 0 Å². The molecule has 0 aliphatic carbocycles. The average Bonchev–Trinajstić information content (AvgIpc) is 2.11. The van der Waals surface area contributed by atoms with Crippen molar-refractivity contribution in [3.05, 3.63) is 23.8 Å². The van der Waals surface area contributed by atoms with Gasteiger partial charge < -0.3 is 10.5 Å². The zero-order chi connectivity index (χ0) is 11.1. The average molecular weight is 197 g/mol. The smallest absolute Gasteiger partial charge is 0.333 e. The molecule has 4 nitrogen and oxygen atoms in total. The van der Waals surface area contributed by atoms with E-state index >= 15 is 0 Å². The molecule has 0 radical (unpaired) electrons. The van der Waals surface area contributed by atoms with Gasteiger partial charge in [0.1, 0.15) is 0 Å². The normalized spacial score (nSPS) is 10.9. The van der Waals surface area contributed by atoms with Gasteiger partial charge in [-0.1, -0.05) is 12.7 Å². The second-order valence-electron chi connectivity index (χ2n) is 2.96. The summed E-state index contributed by atoms with van der Waals surface area (Å²) >= 11 is 0. The van der Waals surface area contributed by atoms with E-state index in [1.165, 1.54) is 0 Å². The van der Waals surface area contributed by atoms with Crippen molar-refractivity contribution in [3.8, 4) is 0 Å². The van der Waals surface area contributed by atoms with Gasteiger partial charge in [0, 0.05) is 17.6 Å². The highest BCUT2D eigenvalue weighted by atomic mass is 16.5. The van der Waals surface area contributed by atoms with Crippen molar-refractivity contribution in [2.45, 2.75) is 20.3 Å². The Kier molecular flexibility index (Phi) is 5.29. The fourth-order valence-corrected chi connectivity index (χ4v) is 0.651. The summed E-state index contributed by atoms with van der Waals surface area (Å²) in [6.07, 6.45) is 2.11. The number of carbonyl (C=O) groups excluding carboxylic acids is 2. The van der Waals surface area contributed by atoms with Crippen LogP contribution in [0.2, 0.25) is 0 Å². The molecule has 0 saturated carbocycles. The molecule has 0 saturated heterocycles. The predicted molar refractivity (Wildman–Crippen MR) is 53.3 cm³/mol. The lowest BCUT2D eigenvalue weighted by molar-refractivity contribution is -0.138. The highest BCUT2D eigenvalue weighted by Gasteiger charge is 2.01. The Bertz CT molecular complexity index is 279. The lowest BCUT2D eigenvalue weighted by Crippen LogP contribution is -2.12. The van der Waals surface area contributed by atoms with Crippen LogP contribution in [0.25, 0.3) is 0 Å². The first-order valence-corrected chi connectivity index (χ1v) is 4.24. The van der Waals surface area contributed by atoms with Crippen molar-refractivity contribution in [1.82, 2.24) is 0 Å². The van der Waals surface area contributed by atoms with Crippen LogP contribution in [-0.2, 0) is 14.3 Å². The van der Waals surface area contributed by atoms with Crippen molar-refractivity contribution >= 4 is 11.9 Å². The first kappa shape index (κ1) is 12.4. The third kappa shape index (κ3) is 5.13. The molecule has 78 valence electrons. The van der Waals surface area contributed by atoms with Crippen molar-refractivity contribution in [3.63, 3.8) is 0 Å². The second-order valence-corrected chi connectivity index (χ2v) is 2.96.